The fraction of sp³-hybridized carbons (Fsp3) is 0.300. The van der Waals surface area contributed by atoms with Gasteiger partial charge >= 0.3 is 0 Å². The van der Waals surface area contributed by atoms with Gasteiger partial charge in [-0.15, -0.1) is 0 Å². The van der Waals surface area contributed by atoms with E-state index in [0.29, 0.717) is 30.4 Å². The van der Waals surface area contributed by atoms with Crippen molar-refractivity contribution < 1.29 is 8.91 Å². The highest BCUT2D eigenvalue weighted by Crippen LogP contribution is 2.32. The van der Waals surface area contributed by atoms with Crippen LogP contribution in [0.4, 0.5) is 10.1 Å². The van der Waals surface area contributed by atoms with Crippen LogP contribution < -0.4 is 4.90 Å². The second kappa shape index (κ2) is 6.67. The molecule has 1 aliphatic rings. The van der Waals surface area contributed by atoms with E-state index in [4.69, 9.17) is 4.52 Å². The molecule has 0 N–H and O–H groups in total. The van der Waals surface area contributed by atoms with Crippen molar-refractivity contribution in [2.75, 3.05) is 11.4 Å². The predicted molar refractivity (Wildman–Crippen MR) is 94.1 cm³/mol. The first-order valence-electron chi connectivity index (χ1n) is 8.58. The van der Waals surface area contributed by atoms with Crippen LogP contribution in [0.3, 0.4) is 0 Å². The van der Waals surface area contributed by atoms with Gasteiger partial charge in [-0.1, -0.05) is 41.6 Å². The summed E-state index contributed by atoms with van der Waals surface area (Å²) in [6.45, 7) is 3.16. The van der Waals surface area contributed by atoms with Gasteiger partial charge in [0.15, 0.2) is 5.82 Å². The van der Waals surface area contributed by atoms with Crippen LogP contribution in [0, 0.1) is 12.7 Å². The molecule has 25 heavy (non-hydrogen) atoms. The smallest absolute Gasteiger partial charge is 0.246 e. The Bertz CT molecular complexity index is 876. The van der Waals surface area contributed by atoms with Crippen molar-refractivity contribution in [1.29, 1.82) is 0 Å². The lowest BCUT2D eigenvalue weighted by Crippen LogP contribution is -2.30. The summed E-state index contributed by atoms with van der Waals surface area (Å²) in [5.74, 6) is 1.01. The molecule has 128 valence electrons. The number of hydrogen-bond donors (Lipinski definition) is 0. The summed E-state index contributed by atoms with van der Waals surface area (Å²) >= 11 is 0. The first-order chi connectivity index (χ1) is 12.2. The Morgan fingerprint density at radius 3 is 2.88 bits per heavy atom. The molecule has 3 aromatic rings. The van der Waals surface area contributed by atoms with Gasteiger partial charge in [-0.3, -0.25) is 0 Å². The summed E-state index contributed by atoms with van der Waals surface area (Å²) in [7, 11) is 0. The fourth-order valence-corrected chi connectivity index (χ4v) is 3.45. The first kappa shape index (κ1) is 15.8. The summed E-state index contributed by atoms with van der Waals surface area (Å²) < 4.78 is 19.9. The molecule has 2 aromatic carbocycles. The highest BCUT2D eigenvalue weighted by molar-refractivity contribution is 5.57. The van der Waals surface area contributed by atoms with Crippen molar-refractivity contribution in [2.24, 2.45) is 0 Å². The normalized spacial score (nSPS) is 13.8. The van der Waals surface area contributed by atoms with E-state index >= 15 is 0 Å². The monoisotopic (exact) mass is 337 g/mol. The third-order valence-electron chi connectivity index (χ3n) is 4.52. The molecule has 0 amide bonds. The van der Waals surface area contributed by atoms with Crippen molar-refractivity contribution in [2.45, 2.75) is 32.7 Å². The number of nitrogens with zero attached hydrogens (tertiary/aromatic N) is 3. The van der Waals surface area contributed by atoms with Gasteiger partial charge in [0.05, 0.1) is 12.2 Å². The van der Waals surface area contributed by atoms with Crippen LogP contribution in [0.5, 0.6) is 0 Å². The lowest BCUT2D eigenvalue weighted by atomic mass is 9.99. The van der Waals surface area contributed by atoms with E-state index in [1.165, 1.54) is 0 Å². The van der Waals surface area contributed by atoms with Crippen molar-refractivity contribution in [3.63, 3.8) is 0 Å². The molecule has 4 rings (SSSR count). The molecule has 0 saturated heterocycles. The maximum atomic E-state index is 14.5. The van der Waals surface area contributed by atoms with Crippen LogP contribution in [0.2, 0.25) is 0 Å². The zero-order chi connectivity index (χ0) is 17.2. The molecule has 0 spiro atoms. The SMILES string of the molecule is Cc1cc(F)c2c(c1)CCCN2Cc1nc(Cc2ccccc2)no1. The number of anilines is 1. The van der Waals surface area contributed by atoms with Crippen LogP contribution in [-0.4, -0.2) is 16.7 Å². The minimum Gasteiger partial charge on any atom is -0.360 e. The third-order valence-corrected chi connectivity index (χ3v) is 4.52. The lowest BCUT2D eigenvalue weighted by molar-refractivity contribution is 0.370. The Morgan fingerprint density at radius 2 is 2.04 bits per heavy atom. The molecule has 1 aliphatic heterocycles. The number of aromatic nitrogens is 2. The van der Waals surface area contributed by atoms with Crippen LogP contribution >= 0.6 is 0 Å². The Balaban J connectivity index is 1.53. The van der Waals surface area contributed by atoms with Crippen LogP contribution in [-0.2, 0) is 19.4 Å². The Morgan fingerprint density at radius 1 is 1.20 bits per heavy atom. The van der Waals surface area contributed by atoms with Crippen molar-refractivity contribution >= 4 is 5.69 Å². The van der Waals surface area contributed by atoms with Crippen molar-refractivity contribution in [1.82, 2.24) is 10.1 Å². The molecule has 0 aliphatic carbocycles. The molecular formula is C20H20FN3O. The van der Waals surface area contributed by atoms with E-state index in [0.717, 1.165) is 36.1 Å². The zero-order valence-electron chi connectivity index (χ0n) is 14.2. The molecule has 0 saturated carbocycles. The number of halogens is 1. The predicted octanol–water partition coefficient (Wildman–Crippen LogP) is 4.06. The quantitative estimate of drug-likeness (QED) is 0.720. The van der Waals surface area contributed by atoms with Crippen molar-refractivity contribution in [3.05, 3.63) is 76.7 Å². The van der Waals surface area contributed by atoms with E-state index in [-0.39, 0.29) is 5.82 Å². The number of hydrogen-bond acceptors (Lipinski definition) is 4. The van der Waals surface area contributed by atoms with Gasteiger partial charge in [0.2, 0.25) is 5.89 Å². The summed E-state index contributed by atoms with van der Waals surface area (Å²) in [5, 5.41) is 4.06. The fourth-order valence-electron chi connectivity index (χ4n) is 3.45. The zero-order valence-corrected chi connectivity index (χ0v) is 14.2. The molecule has 1 aromatic heterocycles. The molecule has 2 heterocycles. The maximum Gasteiger partial charge on any atom is 0.246 e. The van der Waals surface area contributed by atoms with E-state index in [9.17, 15) is 4.39 Å². The number of benzene rings is 2. The standard InChI is InChI=1S/C20H20FN3O/c1-14-10-16-8-5-9-24(20(16)17(21)11-14)13-19-22-18(23-25-19)12-15-6-3-2-4-7-15/h2-4,6-7,10-11H,5,8-9,12-13H2,1H3. The molecular weight excluding hydrogens is 317 g/mol. The minimum absolute atomic E-state index is 0.168. The van der Waals surface area contributed by atoms with Crippen molar-refractivity contribution in [3.8, 4) is 0 Å². The topological polar surface area (TPSA) is 42.2 Å². The van der Waals surface area contributed by atoms with E-state index < -0.39 is 0 Å². The summed E-state index contributed by atoms with van der Waals surface area (Å²) in [4.78, 5) is 6.49. The Hall–Kier alpha value is -2.69. The lowest BCUT2D eigenvalue weighted by Gasteiger charge is -2.30. The minimum atomic E-state index is -0.168. The molecule has 5 heteroatoms. The summed E-state index contributed by atoms with van der Waals surface area (Å²) in [5.41, 5.74) is 3.84. The average Bonchev–Trinajstić information content (AvgIpc) is 3.02. The molecule has 0 atom stereocenters. The number of aryl methyl sites for hydroxylation is 2. The molecule has 0 radical (unpaired) electrons. The number of rotatable bonds is 4. The van der Waals surface area contributed by atoms with Crippen LogP contribution in [0.25, 0.3) is 0 Å². The third kappa shape index (κ3) is 3.40. The first-order valence-corrected chi connectivity index (χ1v) is 8.58. The van der Waals surface area contributed by atoms with Gasteiger partial charge in [-0.25, -0.2) is 4.39 Å². The van der Waals surface area contributed by atoms with Gasteiger partial charge in [-0.2, -0.15) is 4.98 Å². The average molecular weight is 337 g/mol. The van der Waals surface area contributed by atoms with Gasteiger partial charge in [0.25, 0.3) is 0 Å². The van der Waals surface area contributed by atoms with E-state index in [2.05, 4.69) is 16.2 Å². The number of fused-ring (bicyclic) bond motifs is 1. The highest BCUT2D eigenvalue weighted by atomic mass is 19.1. The Labute approximate surface area is 146 Å². The maximum absolute atomic E-state index is 14.5. The van der Waals surface area contributed by atoms with Gasteiger partial charge in [0.1, 0.15) is 5.82 Å². The van der Waals surface area contributed by atoms with Gasteiger partial charge in [-0.05, 0) is 42.5 Å². The van der Waals surface area contributed by atoms with E-state index in [1.807, 2.05) is 42.2 Å². The second-order valence-corrected chi connectivity index (χ2v) is 6.55. The van der Waals surface area contributed by atoms with Gasteiger partial charge in [0, 0.05) is 13.0 Å². The largest absolute Gasteiger partial charge is 0.360 e. The van der Waals surface area contributed by atoms with E-state index in [1.54, 1.807) is 6.07 Å². The van der Waals surface area contributed by atoms with Crippen LogP contribution in [0.1, 0.15) is 34.8 Å². The van der Waals surface area contributed by atoms with Crippen LogP contribution in [0.15, 0.2) is 47.0 Å². The van der Waals surface area contributed by atoms with Gasteiger partial charge < -0.3 is 9.42 Å². The Kier molecular flexibility index (Phi) is 4.22. The molecule has 4 nitrogen and oxygen atoms in total. The highest BCUT2D eigenvalue weighted by Gasteiger charge is 2.23. The molecule has 0 bridgehead atoms. The summed E-state index contributed by atoms with van der Waals surface area (Å²) in [6.07, 6.45) is 2.54. The molecule has 0 unspecified atom stereocenters. The summed E-state index contributed by atoms with van der Waals surface area (Å²) in [6, 6.07) is 13.7. The molecule has 0 fully saturated rings. The second-order valence-electron chi connectivity index (χ2n) is 6.55.